The zero-order valence-electron chi connectivity index (χ0n) is 72.1. The van der Waals surface area contributed by atoms with E-state index in [2.05, 4.69) is 309 Å². The van der Waals surface area contributed by atoms with Crippen molar-refractivity contribution in [2.24, 2.45) is 0 Å². The number of hydrogen-bond donors (Lipinski definition) is 0. The summed E-state index contributed by atoms with van der Waals surface area (Å²) in [6.07, 6.45) is 0. The minimum absolute atomic E-state index is 0. The summed E-state index contributed by atoms with van der Waals surface area (Å²) in [6, 6.07) is 179. The van der Waals surface area contributed by atoms with Gasteiger partial charge in [-0.1, -0.05) is 487 Å². The molecule has 0 fully saturated rings. The van der Waals surface area contributed by atoms with Gasteiger partial charge in [-0.3, -0.25) is 0 Å². The molecule has 133 heavy (non-hydrogen) atoms. The van der Waals surface area contributed by atoms with E-state index in [4.69, 9.17) is 0 Å². The monoisotopic (exact) mass is 1750 g/mol. The summed E-state index contributed by atoms with van der Waals surface area (Å²) in [6.45, 7) is 0. The normalized spacial score (nSPS) is 11.8. The smallest absolute Gasteiger partial charge is 0.171 e. The van der Waals surface area contributed by atoms with Crippen LogP contribution in [0.4, 0.5) is 0 Å². The Morgan fingerprint density at radius 3 is 0.707 bits per heavy atom. The van der Waals surface area contributed by atoms with Crippen molar-refractivity contribution in [1.29, 1.82) is 0 Å². The molecule has 0 unspecified atom stereocenters. The van der Waals surface area contributed by atoms with Gasteiger partial charge in [0.2, 0.25) is 0 Å². The van der Waals surface area contributed by atoms with E-state index in [0.717, 1.165) is 92.2 Å². The molecular formula is C127H89O3P3. The summed E-state index contributed by atoms with van der Waals surface area (Å²) in [5, 5.41) is 32.6. The maximum atomic E-state index is 16.0. The standard InChI is InChI=1S/C46H31OP.2C40H27OP.CH4/c47-48(38-19-3-1-4-20-38,39-21-5-2-6-22-39)40-30-36(45-41-23-11-7-15-32(41)27-33-16-8-12-24-42(33)45)29-37(31-40)46-43-25-13-9-17-34(43)28-35-18-10-14-26-44(35)46;41-42(34-12-3-1-4-13-34,35-14-5-2-6-15-35)36-16-8-11-33(27-36)28-17-19-29(20-18-28)37-25-23-32-22-21-30-9-7-10-31-24-26-38(37)40(32)39(30)31;41-42(34-10-3-1-4-11-34,35-12-5-2-6-13-35)36-24-20-29(21-25-36)28-14-16-30(17-15-28)37-26-22-33-19-18-31-8-7-9-32-23-27-38(37)40(33)39(31)32;/h1-31H;2*1-27H;1H4. The Hall–Kier alpha value is -15.7. The molecule has 0 N–H and O–H groups in total. The fourth-order valence-electron chi connectivity index (χ4n) is 20.3. The number of fused-ring (bicyclic) bond motifs is 4. The van der Waals surface area contributed by atoms with Gasteiger partial charge >= 0.3 is 0 Å². The highest BCUT2D eigenvalue weighted by atomic mass is 31.2. The van der Waals surface area contributed by atoms with Gasteiger partial charge in [-0.15, -0.1) is 0 Å². The van der Waals surface area contributed by atoms with E-state index in [0.29, 0.717) is 0 Å². The first-order valence-electron chi connectivity index (χ1n) is 45.0. The third-order valence-corrected chi connectivity index (χ3v) is 35.8. The highest BCUT2D eigenvalue weighted by molar-refractivity contribution is 7.86. The lowest BCUT2D eigenvalue weighted by Gasteiger charge is -2.23. The molecule has 6 heteroatoms. The molecule has 630 valence electrons. The van der Waals surface area contributed by atoms with Crippen LogP contribution >= 0.6 is 21.4 Å². The predicted octanol–water partition coefficient (Wildman–Crippen LogP) is 31.0. The molecule has 0 bridgehead atoms. The highest BCUT2D eigenvalue weighted by Crippen LogP contribution is 2.51. The van der Waals surface area contributed by atoms with Gasteiger partial charge in [0, 0.05) is 47.7 Å². The van der Waals surface area contributed by atoms with Crippen molar-refractivity contribution in [3.8, 4) is 66.8 Å². The molecule has 0 heterocycles. The molecule has 25 aromatic rings. The Labute approximate surface area is 774 Å². The quantitative estimate of drug-likeness (QED) is 0.0584. The molecule has 0 atom stereocenters. The fourth-order valence-corrected chi connectivity index (χ4v) is 28.4. The molecule has 0 saturated heterocycles. The first-order valence-corrected chi connectivity index (χ1v) is 50.1. The summed E-state index contributed by atoms with van der Waals surface area (Å²) in [4.78, 5) is 0. The Morgan fingerprint density at radius 2 is 0.361 bits per heavy atom. The second kappa shape index (κ2) is 35.0. The third kappa shape index (κ3) is 14.8. The Morgan fingerprint density at radius 1 is 0.128 bits per heavy atom. The highest BCUT2D eigenvalue weighted by Gasteiger charge is 2.34. The topological polar surface area (TPSA) is 51.2 Å². The van der Waals surface area contributed by atoms with Crippen LogP contribution in [0.2, 0.25) is 0 Å². The molecule has 0 aromatic heterocycles. The first kappa shape index (κ1) is 83.0. The second-order valence-electron chi connectivity index (χ2n) is 34.2. The minimum Gasteiger partial charge on any atom is -0.309 e. The van der Waals surface area contributed by atoms with E-state index in [1.807, 2.05) is 206 Å². The van der Waals surface area contributed by atoms with Crippen molar-refractivity contribution >= 4 is 177 Å². The molecule has 25 rings (SSSR count). The molecule has 0 aliphatic carbocycles. The Bertz CT molecular complexity index is 8410. The van der Waals surface area contributed by atoms with E-state index >= 15 is 4.57 Å². The second-order valence-corrected chi connectivity index (χ2v) is 42.5. The molecule has 0 spiro atoms. The lowest BCUT2D eigenvalue weighted by atomic mass is 9.88. The molecule has 0 aliphatic rings. The lowest BCUT2D eigenvalue weighted by Crippen LogP contribution is -2.25. The number of benzene rings is 25. The average molecular weight is 1760 g/mol. The van der Waals surface area contributed by atoms with Gasteiger partial charge in [-0.25, -0.2) is 0 Å². The van der Waals surface area contributed by atoms with Gasteiger partial charge in [0.15, 0.2) is 21.4 Å². The SMILES string of the molecule is C.O=P(c1ccccc1)(c1ccccc1)c1cc(-c2c3ccccc3cc3ccccc23)cc(-c2c3ccccc3cc3ccccc23)c1.O=P(c1ccccc1)(c1ccccc1)c1ccc(-c2ccc(-c3ccc4ccc5cccc6ccc3c4c56)cc2)cc1.O=P(c1ccccc1)(c1ccccc1)c1cccc(-c2ccc(-c3ccc4ccc5cccc6ccc3c4c56)cc2)c1. The molecule has 0 aliphatic heterocycles. The van der Waals surface area contributed by atoms with Gasteiger partial charge in [0.1, 0.15) is 0 Å². The molecule has 25 aromatic carbocycles. The van der Waals surface area contributed by atoms with E-state index in [1.165, 1.54) is 130 Å². The summed E-state index contributed by atoms with van der Waals surface area (Å²) in [5.74, 6) is 0. The van der Waals surface area contributed by atoms with Crippen LogP contribution in [-0.4, -0.2) is 0 Å². The number of rotatable bonds is 15. The van der Waals surface area contributed by atoms with Crippen molar-refractivity contribution in [3.63, 3.8) is 0 Å². The predicted molar refractivity (Wildman–Crippen MR) is 574 cm³/mol. The Kier molecular flexibility index (Phi) is 21.8. The van der Waals surface area contributed by atoms with Crippen molar-refractivity contribution in [3.05, 3.63) is 516 Å². The van der Waals surface area contributed by atoms with E-state index < -0.39 is 21.4 Å². The maximum absolute atomic E-state index is 16.0. The van der Waals surface area contributed by atoms with E-state index in [9.17, 15) is 9.13 Å². The van der Waals surface area contributed by atoms with Crippen LogP contribution in [0.3, 0.4) is 0 Å². The molecule has 3 nitrogen and oxygen atoms in total. The zero-order chi connectivity index (χ0) is 88.3. The zero-order valence-corrected chi connectivity index (χ0v) is 74.8. The van der Waals surface area contributed by atoms with Crippen LogP contribution in [0.15, 0.2) is 516 Å². The van der Waals surface area contributed by atoms with Crippen LogP contribution in [0.5, 0.6) is 0 Å². The summed E-state index contributed by atoms with van der Waals surface area (Å²) in [7, 11) is -9.34. The molecule has 0 radical (unpaired) electrons. The van der Waals surface area contributed by atoms with Crippen LogP contribution in [-0.2, 0) is 13.7 Å². The maximum Gasteiger partial charge on any atom is 0.171 e. The van der Waals surface area contributed by atoms with Crippen molar-refractivity contribution in [1.82, 2.24) is 0 Å². The molecule has 0 saturated carbocycles. The van der Waals surface area contributed by atoms with Crippen molar-refractivity contribution in [2.75, 3.05) is 0 Å². The van der Waals surface area contributed by atoms with Crippen LogP contribution in [0.1, 0.15) is 7.43 Å². The minimum atomic E-state index is -3.31. The van der Waals surface area contributed by atoms with E-state index in [1.54, 1.807) is 0 Å². The molecular weight excluding hydrogens is 1670 g/mol. The summed E-state index contributed by atoms with van der Waals surface area (Å²) in [5.41, 5.74) is 13.7. The van der Waals surface area contributed by atoms with Gasteiger partial charge in [0.05, 0.1) is 0 Å². The van der Waals surface area contributed by atoms with Crippen molar-refractivity contribution < 1.29 is 13.7 Å². The summed E-state index contributed by atoms with van der Waals surface area (Å²) < 4.78 is 45.7. The molecule has 0 amide bonds. The van der Waals surface area contributed by atoms with Crippen LogP contribution in [0.25, 0.3) is 174 Å². The van der Waals surface area contributed by atoms with E-state index in [-0.39, 0.29) is 7.43 Å². The summed E-state index contributed by atoms with van der Waals surface area (Å²) >= 11 is 0. The number of hydrogen-bond acceptors (Lipinski definition) is 3. The van der Waals surface area contributed by atoms with Gasteiger partial charge in [0.25, 0.3) is 0 Å². The lowest BCUT2D eigenvalue weighted by molar-refractivity contribution is 0.591. The third-order valence-electron chi connectivity index (χ3n) is 26.7. The fraction of sp³-hybridized carbons (Fsp3) is 0.00787. The van der Waals surface area contributed by atoms with Gasteiger partial charge in [-0.2, -0.15) is 0 Å². The van der Waals surface area contributed by atoms with Crippen molar-refractivity contribution in [2.45, 2.75) is 7.43 Å². The first-order chi connectivity index (χ1) is 65.1. The van der Waals surface area contributed by atoms with Gasteiger partial charge < -0.3 is 13.7 Å². The van der Waals surface area contributed by atoms with Crippen LogP contribution < -0.4 is 47.7 Å². The largest absolute Gasteiger partial charge is 0.309 e. The Balaban J connectivity index is 0.000000116. The van der Waals surface area contributed by atoms with Crippen LogP contribution in [0, 0.1) is 0 Å². The van der Waals surface area contributed by atoms with Gasteiger partial charge in [-0.05, 0) is 211 Å². The average Bonchev–Trinajstić information content (AvgIpc) is 0.737.